The Hall–Kier alpha value is -2.07. The van der Waals surface area contributed by atoms with Crippen molar-refractivity contribution < 1.29 is 14.6 Å². The highest BCUT2D eigenvalue weighted by Gasteiger charge is 2.15. The Kier molecular flexibility index (Phi) is 5.92. The molecule has 1 saturated carbocycles. The Morgan fingerprint density at radius 1 is 1.20 bits per heavy atom. The number of benzene rings is 1. The average molecular weight is 360 g/mol. The quantitative estimate of drug-likeness (QED) is 0.751. The predicted octanol–water partition coefficient (Wildman–Crippen LogP) is 4.83. The molecule has 4 nitrogen and oxygen atoms in total. The zero-order valence-corrected chi connectivity index (χ0v) is 14.8. The number of ketones is 1. The van der Waals surface area contributed by atoms with Gasteiger partial charge in [-0.25, -0.2) is 0 Å². The molecule has 0 atom stereocenters. The lowest BCUT2D eigenvalue weighted by molar-refractivity contribution is 0.0991. The van der Waals surface area contributed by atoms with Gasteiger partial charge in [0.1, 0.15) is 11.5 Å². The van der Waals surface area contributed by atoms with Crippen LogP contribution in [-0.2, 0) is 6.42 Å². The summed E-state index contributed by atoms with van der Waals surface area (Å²) in [5.74, 6) is 1.15. The second kappa shape index (κ2) is 8.34. The Morgan fingerprint density at radius 2 is 2.00 bits per heavy atom. The normalized spacial score (nSPS) is 15.1. The van der Waals surface area contributed by atoms with Crippen LogP contribution in [0.25, 0.3) is 0 Å². The lowest BCUT2D eigenvalue weighted by Crippen LogP contribution is -2.15. The number of pyridine rings is 1. The van der Waals surface area contributed by atoms with Gasteiger partial charge in [-0.3, -0.25) is 9.78 Å². The first kappa shape index (κ1) is 17.7. The van der Waals surface area contributed by atoms with E-state index < -0.39 is 0 Å². The molecule has 2 aromatic rings. The molecule has 0 bridgehead atoms. The molecule has 3 rings (SSSR count). The van der Waals surface area contributed by atoms with E-state index in [4.69, 9.17) is 16.3 Å². The summed E-state index contributed by atoms with van der Waals surface area (Å²) in [5, 5.41) is 10.4. The van der Waals surface area contributed by atoms with Gasteiger partial charge in [0.15, 0.2) is 5.78 Å². The number of aromatic nitrogens is 1. The highest BCUT2D eigenvalue weighted by Crippen LogP contribution is 2.26. The van der Waals surface area contributed by atoms with Crippen molar-refractivity contribution in [3.8, 4) is 11.5 Å². The van der Waals surface area contributed by atoms with E-state index in [-0.39, 0.29) is 18.0 Å². The summed E-state index contributed by atoms with van der Waals surface area (Å²) in [6, 6.07) is 6.41. The highest BCUT2D eigenvalue weighted by molar-refractivity contribution is 6.30. The third-order valence-electron chi connectivity index (χ3n) is 4.64. The molecular weight excluding hydrogens is 338 g/mol. The summed E-state index contributed by atoms with van der Waals surface area (Å²) >= 11 is 5.93. The van der Waals surface area contributed by atoms with Crippen LogP contribution in [0.4, 0.5) is 0 Å². The lowest BCUT2D eigenvalue weighted by atomic mass is 9.90. The number of hydrogen-bond acceptors (Lipinski definition) is 4. The van der Waals surface area contributed by atoms with Crippen LogP contribution < -0.4 is 4.74 Å². The number of carbonyl (C=O) groups excluding carboxylic acids is 1. The Bertz CT molecular complexity index is 741. The van der Waals surface area contributed by atoms with E-state index >= 15 is 0 Å². The van der Waals surface area contributed by atoms with Gasteiger partial charge in [-0.15, -0.1) is 0 Å². The zero-order chi connectivity index (χ0) is 17.6. The van der Waals surface area contributed by atoms with Crippen molar-refractivity contribution in [3.05, 3.63) is 52.8 Å². The van der Waals surface area contributed by atoms with Gasteiger partial charge >= 0.3 is 0 Å². The Morgan fingerprint density at radius 3 is 2.80 bits per heavy atom. The molecule has 132 valence electrons. The average Bonchev–Trinajstić information content (AvgIpc) is 2.64. The number of phenols is 1. The topological polar surface area (TPSA) is 59.4 Å². The summed E-state index contributed by atoms with van der Waals surface area (Å²) in [6.45, 7) is 0.675. The third-order valence-corrected chi connectivity index (χ3v) is 4.87. The lowest BCUT2D eigenvalue weighted by Gasteiger charge is -2.21. The predicted molar refractivity (Wildman–Crippen MR) is 97.5 cm³/mol. The van der Waals surface area contributed by atoms with Crippen molar-refractivity contribution in [2.75, 3.05) is 6.61 Å². The molecule has 0 spiro atoms. The maximum absolute atomic E-state index is 12.5. The smallest absolute Gasteiger partial charge is 0.169 e. The SMILES string of the molecule is O=C(Cc1cc(Cl)ccc1O)c1cncc(OCC2CCCCC2)c1. The number of rotatable bonds is 6. The first-order valence-electron chi connectivity index (χ1n) is 8.70. The van der Waals surface area contributed by atoms with Crippen molar-refractivity contribution in [2.24, 2.45) is 5.92 Å². The summed E-state index contributed by atoms with van der Waals surface area (Å²) in [4.78, 5) is 16.6. The minimum Gasteiger partial charge on any atom is -0.508 e. The van der Waals surface area contributed by atoms with Gasteiger partial charge < -0.3 is 9.84 Å². The van der Waals surface area contributed by atoms with Gasteiger partial charge in [0.25, 0.3) is 0 Å². The van der Waals surface area contributed by atoms with Crippen LogP contribution >= 0.6 is 11.6 Å². The van der Waals surface area contributed by atoms with Crippen LogP contribution in [-0.4, -0.2) is 22.5 Å². The molecule has 0 saturated heterocycles. The number of halogens is 1. The van der Waals surface area contributed by atoms with Crippen LogP contribution in [0, 0.1) is 5.92 Å². The van der Waals surface area contributed by atoms with Gasteiger partial charge in [-0.05, 0) is 43.0 Å². The molecular formula is C20H22ClNO3. The van der Waals surface area contributed by atoms with Crippen molar-refractivity contribution in [1.82, 2.24) is 4.98 Å². The van der Waals surface area contributed by atoms with Crippen molar-refractivity contribution >= 4 is 17.4 Å². The van der Waals surface area contributed by atoms with Crippen LogP contribution in [0.15, 0.2) is 36.7 Å². The molecule has 5 heteroatoms. The molecule has 1 aliphatic carbocycles. The molecule has 1 aromatic heterocycles. The van der Waals surface area contributed by atoms with E-state index in [2.05, 4.69) is 4.98 Å². The number of hydrogen-bond donors (Lipinski definition) is 1. The fraction of sp³-hybridized carbons (Fsp3) is 0.400. The van der Waals surface area contributed by atoms with Crippen molar-refractivity contribution in [2.45, 2.75) is 38.5 Å². The first-order valence-corrected chi connectivity index (χ1v) is 9.08. The second-order valence-corrected chi connectivity index (χ2v) is 7.03. The van der Waals surface area contributed by atoms with Gasteiger partial charge in [-0.2, -0.15) is 0 Å². The Labute approximate surface area is 152 Å². The fourth-order valence-electron chi connectivity index (χ4n) is 3.19. The maximum Gasteiger partial charge on any atom is 0.169 e. The standard InChI is InChI=1S/C20H22ClNO3/c21-17-6-7-19(23)15(8-17)10-20(24)16-9-18(12-22-11-16)25-13-14-4-2-1-3-5-14/h6-9,11-12,14,23H,1-5,10,13H2. The minimum absolute atomic E-state index is 0.0652. The minimum atomic E-state index is -0.131. The number of carbonyl (C=O) groups is 1. The molecule has 1 N–H and O–H groups in total. The number of nitrogens with zero attached hydrogens (tertiary/aromatic N) is 1. The number of ether oxygens (including phenoxy) is 1. The van der Waals surface area contributed by atoms with Gasteiger partial charge in [-0.1, -0.05) is 30.9 Å². The monoisotopic (exact) mass is 359 g/mol. The van der Waals surface area contributed by atoms with E-state index in [1.165, 1.54) is 44.4 Å². The number of aromatic hydroxyl groups is 1. The van der Waals surface area contributed by atoms with E-state index in [9.17, 15) is 9.90 Å². The van der Waals surface area contributed by atoms with Gasteiger partial charge in [0.05, 0.1) is 12.8 Å². The molecule has 0 amide bonds. The van der Waals surface area contributed by atoms with Crippen molar-refractivity contribution in [1.29, 1.82) is 0 Å². The highest BCUT2D eigenvalue weighted by atomic mass is 35.5. The van der Waals surface area contributed by atoms with Gasteiger partial charge in [0.2, 0.25) is 0 Å². The fourth-order valence-corrected chi connectivity index (χ4v) is 3.38. The number of phenolic OH excluding ortho intramolecular Hbond substituents is 1. The van der Waals surface area contributed by atoms with E-state index in [1.54, 1.807) is 24.4 Å². The second-order valence-electron chi connectivity index (χ2n) is 6.60. The molecule has 25 heavy (non-hydrogen) atoms. The maximum atomic E-state index is 12.5. The summed E-state index contributed by atoms with van der Waals surface area (Å²) in [5.41, 5.74) is 0.978. The molecule has 0 radical (unpaired) electrons. The van der Waals surface area contributed by atoms with E-state index in [1.807, 2.05) is 0 Å². The number of Topliss-reactive ketones (excluding diaryl/α,β-unsaturated/α-hetero) is 1. The first-order chi connectivity index (χ1) is 12.1. The third kappa shape index (κ3) is 4.95. The van der Waals surface area contributed by atoms with E-state index in [0.717, 1.165) is 0 Å². The summed E-state index contributed by atoms with van der Waals surface area (Å²) < 4.78 is 5.84. The molecule has 1 fully saturated rings. The zero-order valence-electron chi connectivity index (χ0n) is 14.1. The molecule has 1 aromatic carbocycles. The van der Waals surface area contributed by atoms with Crippen LogP contribution in [0.3, 0.4) is 0 Å². The molecule has 1 heterocycles. The van der Waals surface area contributed by atoms with Crippen LogP contribution in [0.2, 0.25) is 5.02 Å². The summed E-state index contributed by atoms with van der Waals surface area (Å²) in [6.07, 6.45) is 9.51. The Balaban J connectivity index is 1.63. The molecule has 1 aliphatic rings. The largest absolute Gasteiger partial charge is 0.508 e. The van der Waals surface area contributed by atoms with Crippen LogP contribution in [0.1, 0.15) is 48.0 Å². The van der Waals surface area contributed by atoms with Gasteiger partial charge in [0, 0.05) is 28.8 Å². The summed E-state index contributed by atoms with van der Waals surface area (Å²) in [7, 11) is 0. The molecule has 0 unspecified atom stereocenters. The van der Waals surface area contributed by atoms with E-state index in [0.29, 0.717) is 34.4 Å². The van der Waals surface area contributed by atoms with Crippen molar-refractivity contribution in [3.63, 3.8) is 0 Å². The van der Waals surface area contributed by atoms with Crippen LogP contribution in [0.5, 0.6) is 11.5 Å². The molecule has 0 aliphatic heterocycles.